The van der Waals surface area contributed by atoms with Crippen LogP contribution < -0.4 is 0 Å². The van der Waals surface area contributed by atoms with Gasteiger partial charge in [-0.3, -0.25) is 4.90 Å². The van der Waals surface area contributed by atoms with Gasteiger partial charge in [0.25, 0.3) is 0 Å². The maximum Gasteiger partial charge on any atom is 0.0586 e. The molecule has 0 aromatic heterocycles. The summed E-state index contributed by atoms with van der Waals surface area (Å²) in [7, 11) is 0. The van der Waals surface area contributed by atoms with E-state index in [2.05, 4.69) is 71.6 Å². The van der Waals surface area contributed by atoms with Crippen LogP contribution in [0.4, 0.5) is 0 Å². The van der Waals surface area contributed by atoms with Crippen molar-refractivity contribution in [2.45, 2.75) is 37.1 Å². The SMILES string of the molecule is OCC1CCCCN1Cc1ccccc1C(S)c1cccc2ccccc12. The Morgan fingerprint density at radius 3 is 2.56 bits per heavy atom. The lowest BCUT2D eigenvalue weighted by atomic mass is 9.94. The van der Waals surface area contributed by atoms with E-state index in [9.17, 15) is 5.11 Å². The van der Waals surface area contributed by atoms with E-state index in [1.54, 1.807) is 0 Å². The Hall–Kier alpha value is -1.81. The normalized spacial score (nSPS) is 19.3. The van der Waals surface area contributed by atoms with Crippen molar-refractivity contribution in [3.8, 4) is 0 Å². The van der Waals surface area contributed by atoms with Crippen molar-refractivity contribution in [2.24, 2.45) is 0 Å². The molecule has 1 saturated heterocycles. The van der Waals surface area contributed by atoms with E-state index in [1.807, 2.05) is 0 Å². The largest absolute Gasteiger partial charge is 0.395 e. The number of aliphatic hydroxyl groups is 1. The third-order valence-electron chi connectivity index (χ3n) is 5.80. The van der Waals surface area contributed by atoms with Gasteiger partial charge >= 0.3 is 0 Å². The van der Waals surface area contributed by atoms with Gasteiger partial charge in [0.15, 0.2) is 0 Å². The molecule has 1 aliphatic rings. The maximum atomic E-state index is 9.76. The zero-order valence-corrected chi connectivity index (χ0v) is 16.5. The highest BCUT2D eigenvalue weighted by Crippen LogP contribution is 2.36. The number of hydrogen-bond donors (Lipinski definition) is 2. The molecule has 1 aliphatic heterocycles. The van der Waals surface area contributed by atoms with Gasteiger partial charge in [0, 0.05) is 12.6 Å². The molecular weight excluding hydrogens is 350 g/mol. The summed E-state index contributed by atoms with van der Waals surface area (Å²) in [6, 6.07) is 23.9. The molecule has 1 N–H and O–H groups in total. The summed E-state index contributed by atoms with van der Waals surface area (Å²) in [6.07, 6.45) is 3.52. The van der Waals surface area contributed by atoms with Crippen molar-refractivity contribution in [3.05, 3.63) is 83.4 Å². The third kappa shape index (κ3) is 3.91. The Bertz CT molecular complexity index is 904. The van der Waals surface area contributed by atoms with Crippen LogP contribution in [0, 0.1) is 0 Å². The average molecular weight is 378 g/mol. The van der Waals surface area contributed by atoms with Crippen molar-refractivity contribution in [1.29, 1.82) is 0 Å². The van der Waals surface area contributed by atoms with E-state index in [4.69, 9.17) is 12.6 Å². The van der Waals surface area contributed by atoms with Gasteiger partial charge < -0.3 is 5.11 Å². The Morgan fingerprint density at radius 2 is 1.67 bits per heavy atom. The fourth-order valence-corrected chi connectivity index (χ4v) is 4.77. The summed E-state index contributed by atoms with van der Waals surface area (Å²) in [6.45, 7) is 2.18. The lowest BCUT2D eigenvalue weighted by molar-refractivity contribution is 0.0839. The second-order valence-electron chi connectivity index (χ2n) is 7.47. The second kappa shape index (κ2) is 8.47. The van der Waals surface area contributed by atoms with E-state index < -0.39 is 0 Å². The number of likely N-dealkylation sites (tertiary alicyclic amines) is 1. The van der Waals surface area contributed by atoms with Crippen molar-refractivity contribution in [1.82, 2.24) is 4.90 Å². The molecule has 2 unspecified atom stereocenters. The molecule has 3 aromatic carbocycles. The topological polar surface area (TPSA) is 23.5 Å². The van der Waals surface area contributed by atoms with Crippen LogP contribution in [-0.2, 0) is 6.54 Å². The smallest absolute Gasteiger partial charge is 0.0586 e. The van der Waals surface area contributed by atoms with Crippen LogP contribution in [0.1, 0.15) is 41.2 Å². The summed E-state index contributed by atoms with van der Waals surface area (Å²) >= 11 is 5.05. The number of nitrogens with zero attached hydrogens (tertiary/aromatic N) is 1. The minimum Gasteiger partial charge on any atom is -0.395 e. The van der Waals surface area contributed by atoms with E-state index >= 15 is 0 Å². The van der Waals surface area contributed by atoms with Gasteiger partial charge in [0.1, 0.15) is 0 Å². The first-order valence-electron chi connectivity index (χ1n) is 9.86. The molecule has 3 heteroatoms. The Kier molecular flexibility index (Phi) is 5.82. The highest BCUT2D eigenvalue weighted by Gasteiger charge is 2.23. The first-order chi connectivity index (χ1) is 13.3. The number of rotatable bonds is 5. The first kappa shape index (κ1) is 18.5. The predicted molar refractivity (Wildman–Crippen MR) is 116 cm³/mol. The molecule has 0 saturated carbocycles. The number of piperidine rings is 1. The van der Waals surface area contributed by atoms with Crippen molar-refractivity contribution in [3.63, 3.8) is 0 Å². The highest BCUT2D eigenvalue weighted by molar-refractivity contribution is 7.80. The molecule has 27 heavy (non-hydrogen) atoms. The van der Waals surface area contributed by atoms with Crippen LogP contribution in [0.2, 0.25) is 0 Å². The van der Waals surface area contributed by atoms with Crippen LogP contribution >= 0.6 is 12.6 Å². The number of thiol groups is 1. The summed E-state index contributed by atoms with van der Waals surface area (Å²) in [4.78, 5) is 2.44. The standard InChI is InChI=1S/C24H27NOS/c26-17-20-11-5-6-15-25(20)16-19-9-2-4-13-22(19)24(27)23-14-7-10-18-8-1-3-12-21(18)23/h1-4,7-10,12-14,20,24,26-27H,5-6,11,15-17H2. The zero-order chi connectivity index (χ0) is 18.6. The molecule has 1 fully saturated rings. The lowest BCUT2D eigenvalue weighted by Crippen LogP contribution is -2.41. The van der Waals surface area contributed by atoms with E-state index in [1.165, 1.54) is 40.3 Å². The second-order valence-corrected chi connectivity index (χ2v) is 7.99. The number of hydrogen-bond acceptors (Lipinski definition) is 3. The van der Waals surface area contributed by atoms with Crippen molar-refractivity contribution >= 4 is 23.4 Å². The van der Waals surface area contributed by atoms with E-state index in [-0.39, 0.29) is 17.9 Å². The monoisotopic (exact) mass is 377 g/mol. The predicted octanol–water partition coefficient (Wildman–Crippen LogP) is 5.21. The molecule has 0 aliphatic carbocycles. The van der Waals surface area contributed by atoms with Crippen LogP contribution in [0.3, 0.4) is 0 Å². The minimum atomic E-state index is 0.0321. The molecule has 4 rings (SSSR count). The quantitative estimate of drug-likeness (QED) is 0.597. The molecule has 0 bridgehead atoms. The molecule has 3 aromatic rings. The Balaban J connectivity index is 1.68. The number of fused-ring (bicyclic) bond motifs is 1. The molecule has 2 nitrogen and oxygen atoms in total. The molecule has 2 atom stereocenters. The van der Waals surface area contributed by atoms with Gasteiger partial charge in [-0.2, -0.15) is 12.6 Å². The summed E-state index contributed by atoms with van der Waals surface area (Å²) in [5.41, 5.74) is 3.83. The highest BCUT2D eigenvalue weighted by atomic mass is 32.1. The van der Waals surface area contributed by atoms with E-state index in [0.717, 1.165) is 19.5 Å². The maximum absolute atomic E-state index is 9.76. The van der Waals surface area contributed by atoms with Gasteiger partial charge in [-0.1, -0.05) is 73.2 Å². The minimum absolute atomic E-state index is 0.0321. The number of benzene rings is 3. The molecular formula is C24H27NOS. The lowest BCUT2D eigenvalue weighted by Gasteiger charge is -2.35. The van der Waals surface area contributed by atoms with E-state index in [0.29, 0.717) is 0 Å². The first-order valence-corrected chi connectivity index (χ1v) is 10.4. The van der Waals surface area contributed by atoms with Gasteiger partial charge in [0.05, 0.1) is 11.9 Å². The fraction of sp³-hybridized carbons (Fsp3) is 0.333. The van der Waals surface area contributed by atoms with Crippen LogP contribution in [0.15, 0.2) is 66.7 Å². The van der Waals surface area contributed by atoms with Gasteiger partial charge in [-0.15, -0.1) is 0 Å². The number of aliphatic hydroxyl groups excluding tert-OH is 1. The molecule has 0 amide bonds. The Morgan fingerprint density at radius 1 is 0.926 bits per heavy atom. The van der Waals surface area contributed by atoms with Gasteiger partial charge in [0.2, 0.25) is 0 Å². The summed E-state index contributed by atoms with van der Waals surface area (Å²) in [5, 5.41) is 12.3. The summed E-state index contributed by atoms with van der Waals surface area (Å²) in [5.74, 6) is 0. The Labute approximate surface area is 167 Å². The zero-order valence-electron chi connectivity index (χ0n) is 15.6. The van der Waals surface area contributed by atoms with Crippen LogP contribution in [0.25, 0.3) is 10.8 Å². The van der Waals surface area contributed by atoms with Crippen molar-refractivity contribution < 1.29 is 5.11 Å². The third-order valence-corrected chi connectivity index (χ3v) is 6.36. The van der Waals surface area contributed by atoms with Crippen LogP contribution in [0.5, 0.6) is 0 Å². The van der Waals surface area contributed by atoms with Gasteiger partial charge in [-0.25, -0.2) is 0 Å². The molecule has 0 radical (unpaired) electrons. The molecule has 0 spiro atoms. The van der Waals surface area contributed by atoms with Crippen LogP contribution in [-0.4, -0.2) is 29.2 Å². The van der Waals surface area contributed by atoms with Gasteiger partial charge in [-0.05, 0) is 46.8 Å². The average Bonchev–Trinajstić information content (AvgIpc) is 2.73. The fourth-order valence-electron chi connectivity index (χ4n) is 4.30. The van der Waals surface area contributed by atoms with Crippen molar-refractivity contribution in [2.75, 3.05) is 13.2 Å². The molecule has 1 heterocycles. The molecule has 140 valence electrons. The summed E-state index contributed by atoms with van der Waals surface area (Å²) < 4.78 is 0.